The normalized spacial score (nSPS) is 13.5. The molecule has 0 spiro atoms. The predicted molar refractivity (Wildman–Crippen MR) is 141 cm³/mol. The number of benzene rings is 1. The smallest absolute Gasteiger partial charge is 0.260 e. The minimum atomic E-state index is -0.302. The number of ether oxygens (including phenoxy) is 2. The summed E-state index contributed by atoms with van der Waals surface area (Å²) >= 11 is 0. The summed E-state index contributed by atoms with van der Waals surface area (Å²) in [5.74, 6) is 2.17. The van der Waals surface area contributed by atoms with Gasteiger partial charge in [-0.25, -0.2) is 9.97 Å². The Balaban J connectivity index is 1.44. The number of hydrogen-bond acceptors (Lipinski definition) is 8. The largest absolute Gasteiger partial charge is 0.493 e. The van der Waals surface area contributed by atoms with E-state index in [1.807, 2.05) is 65.2 Å². The van der Waals surface area contributed by atoms with E-state index in [1.54, 1.807) is 19.5 Å². The summed E-state index contributed by atoms with van der Waals surface area (Å²) in [6.07, 6.45) is 5.20. The summed E-state index contributed by atoms with van der Waals surface area (Å²) in [7, 11) is 3.65. The summed E-state index contributed by atoms with van der Waals surface area (Å²) < 4.78 is 13.2. The molecule has 0 aliphatic carbocycles. The van der Waals surface area contributed by atoms with E-state index in [1.165, 1.54) is 0 Å². The molecule has 1 amide bonds. The lowest BCUT2D eigenvalue weighted by molar-refractivity contribution is 0.102. The molecule has 190 valence electrons. The Hall–Kier alpha value is -4.31. The standard InChI is InChI=1S/C27H29N7O3/c1-33(13-15-36-2)25-11-9-20(17-28-25)19-8-10-23-21(16-19)27(35)31-24-7-5-6-22(30-24)26-32-29-18-34(26)12-3-4-14-37-23/h5-11,16-18H,3-4,12-15H2,1-2H3,(H,30,31,35). The van der Waals surface area contributed by atoms with E-state index in [9.17, 15) is 4.79 Å². The van der Waals surface area contributed by atoms with E-state index < -0.39 is 0 Å². The Morgan fingerprint density at radius 1 is 1.14 bits per heavy atom. The molecule has 1 aliphatic heterocycles. The first-order chi connectivity index (χ1) is 18.1. The van der Waals surface area contributed by atoms with E-state index in [0.717, 1.165) is 42.9 Å². The monoisotopic (exact) mass is 499 g/mol. The van der Waals surface area contributed by atoms with Crippen molar-refractivity contribution < 1.29 is 14.3 Å². The van der Waals surface area contributed by atoms with Gasteiger partial charge in [-0.05, 0) is 54.8 Å². The molecular weight excluding hydrogens is 470 g/mol. The van der Waals surface area contributed by atoms with Crippen molar-refractivity contribution in [2.75, 3.05) is 44.1 Å². The Labute approximate surface area is 215 Å². The fourth-order valence-corrected chi connectivity index (χ4v) is 4.13. The Morgan fingerprint density at radius 3 is 2.86 bits per heavy atom. The zero-order chi connectivity index (χ0) is 25.6. The highest BCUT2D eigenvalue weighted by atomic mass is 16.5. The lowest BCUT2D eigenvalue weighted by Crippen LogP contribution is -2.22. The molecule has 1 N–H and O–H groups in total. The quantitative estimate of drug-likeness (QED) is 0.440. The van der Waals surface area contributed by atoms with Gasteiger partial charge in [0.05, 0.1) is 18.8 Å². The van der Waals surface area contributed by atoms with Crippen molar-refractivity contribution in [2.45, 2.75) is 19.4 Å². The molecule has 1 aromatic carbocycles. The fourth-order valence-electron chi connectivity index (χ4n) is 4.13. The zero-order valence-corrected chi connectivity index (χ0v) is 20.9. The second-order valence-corrected chi connectivity index (χ2v) is 8.80. The van der Waals surface area contributed by atoms with Crippen molar-refractivity contribution in [1.82, 2.24) is 24.7 Å². The predicted octanol–water partition coefficient (Wildman–Crippen LogP) is 3.91. The summed E-state index contributed by atoms with van der Waals surface area (Å²) in [6.45, 7) is 2.61. The van der Waals surface area contributed by atoms with Gasteiger partial charge >= 0.3 is 0 Å². The number of carbonyl (C=O) groups excluding carboxylic acids is 1. The van der Waals surface area contributed by atoms with E-state index >= 15 is 0 Å². The number of methoxy groups -OCH3 is 1. The van der Waals surface area contributed by atoms with Crippen LogP contribution in [0.15, 0.2) is 61.1 Å². The van der Waals surface area contributed by atoms with Crippen LogP contribution < -0.4 is 15.0 Å². The number of pyridine rings is 2. The molecule has 0 saturated heterocycles. The van der Waals surface area contributed by atoms with Crippen molar-refractivity contribution in [3.05, 3.63) is 66.6 Å². The van der Waals surface area contributed by atoms with Crippen LogP contribution in [0.2, 0.25) is 0 Å². The number of hydrogen-bond donors (Lipinski definition) is 1. The van der Waals surface area contributed by atoms with Crippen LogP contribution in [0.1, 0.15) is 23.2 Å². The van der Waals surface area contributed by atoms with Gasteiger partial charge in [0.15, 0.2) is 5.82 Å². The molecule has 0 atom stereocenters. The summed E-state index contributed by atoms with van der Waals surface area (Å²) in [6, 6.07) is 15.0. The number of carbonyl (C=O) groups is 1. The van der Waals surface area contributed by atoms with Crippen LogP contribution in [0.25, 0.3) is 22.6 Å². The zero-order valence-electron chi connectivity index (χ0n) is 20.9. The van der Waals surface area contributed by atoms with Crippen LogP contribution in [0.4, 0.5) is 11.6 Å². The third-order valence-electron chi connectivity index (χ3n) is 6.21. The molecule has 1 aliphatic rings. The van der Waals surface area contributed by atoms with E-state index in [4.69, 9.17) is 9.47 Å². The van der Waals surface area contributed by atoms with Gasteiger partial charge < -0.3 is 24.3 Å². The van der Waals surface area contributed by atoms with Crippen LogP contribution in [-0.4, -0.2) is 64.6 Å². The van der Waals surface area contributed by atoms with Crippen LogP contribution in [0.3, 0.4) is 0 Å². The third kappa shape index (κ3) is 5.59. The number of anilines is 2. The minimum Gasteiger partial charge on any atom is -0.493 e. The van der Waals surface area contributed by atoms with Gasteiger partial charge in [0.25, 0.3) is 5.91 Å². The summed E-state index contributed by atoms with van der Waals surface area (Å²) in [5, 5.41) is 11.2. The molecule has 3 aromatic heterocycles. The van der Waals surface area contributed by atoms with Crippen LogP contribution in [0.5, 0.6) is 5.75 Å². The van der Waals surface area contributed by atoms with Crippen LogP contribution in [-0.2, 0) is 11.3 Å². The topological polar surface area (TPSA) is 107 Å². The van der Waals surface area contributed by atoms with Gasteiger partial charge in [0.1, 0.15) is 29.4 Å². The number of rotatable bonds is 5. The summed E-state index contributed by atoms with van der Waals surface area (Å²) in [5.41, 5.74) is 2.86. The number of aryl methyl sites for hydroxylation is 1. The molecular formula is C27H29N7O3. The number of nitrogens with one attached hydrogen (secondary N) is 1. The summed E-state index contributed by atoms with van der Waals surface area (Å²) in [4.78, 5) is 24.6. The highest BCUT2D eigenvalue weighted by Crippen LogP contribution is 2.29. The first-order valence-corrected chi connectivity index (χ1v) is 12.2. The number of likely N-dealkylation sites (N-methyl/N-ethyl adjacent to an activating group) is 1. The van der Waals surface area contributed by atoms with Crippen molar-refractivity contribution in [3.8, 4) is 28.4 Å². The fraction of sp³-hybridized carbons (Fsp3) is 0.296. The molecule has 0 fully saturated rings. The third-order valence-corrected chi connectivity index (χ3v) is 6.21. The van der Waals surface area contributed by atoms with Gasteiger partial charge in [0, 0.05) is 39.0 Å². The van der Waals surface area contributed by atoms with E-state index in [-0.39, 0.29) is 5.91 Å². The number of fused-ring (bicyclic) bond motifs is 5. The molecule has 4 heterocycles. The Bertz CT molecular complexity index is 1370. The highest BCUT2D eigenvalue weighted by molar-refractivity contribution is 6.06. The molecule has 5 rings (SSSR count). The van der Waals surface area contributed by atoms with Gasteiger partial charge in [-0.2, -0.15) is 0 Å². The molecule has 0 saturated carbocycles. The number of aromatic nitrogens is 5. The van der Waals surface area contributed by atoms with Gasteiger partial charge in [-0.3, -0.25) is 4.79 Å². The first kappa shape index (κ1) is 24.4. The molecule has 37 heavy (non-hydrogen) atoms. The maximum Gasteiger partial charge on any atom is 0.260 e. The highest BCUT2D eigenvalue weighted by Gasteiger charge is 2.18. The maximum atomic E-state index is 13.4. The minimum absolute atomic E-state index is 0.302. The molecule has 0 radical (unpaired) electrons. The Morgan fingerprint density at radius 2 is 2.03 bits per heavy atom. The van der Waals surface area contributed by atoms with Gasteiger partial charge in [0.2, 0.25) is 0 Å². The second kappa shape index (κ2) is 11.2. The van der Waals surface area contributed by atoms with Gasteiger partial charge in [-0.15, -0.1) is 10.2 Å². The first-order valence-electron chi connectivity index (χ1n) is 12.2. The van der Waals surface area contributed by atoms with E-state index in [2.05, 4.69) is 25.5 Å². The lowest BCUT2D eigenvalue weighted by atomic mass is 10.0. The molecule has 2 bridgehead atoms. The van der Waals surface area contributed by atoms with Crippen molar-refractivity contribution in [2.24, 2.45) is 0 Å². The van der Waals surface area contributed by atoms with Crippen molar-refractivity contribution >= 4 is 17.5 Å². The van der Waals surface area contributed by atoms with Crippen LogP contribution in [0, 0.1) is 0 Å². The lowest BCUT2D eigenvalue weighted by Gasteiger charge is -2.18. The molecule has 0 unspecified atom stereocenters. The second-order valence-electron chi connectivity index (χ2n) is 8.80. The maximum absolute atomic E-state index is 13.4. The van der Waals surface area contributed by atoms with Crippen molar-refractivity contribution in [1.29, 1.82) is 0 Å². The van der Waals surface area contributed by atoms with Gasteiger partial charge in [-0.1, -0.05) is 12.1 Å². The number of amides is 1. The van der Waals surface area contributed by atoms with Crippen LogP contribution >= 0.6 is 0 Å². The number of nitrogens with zero attached hydrogens (tertiary/aromatic N) is 6. The molecule has 10 heteroatoms. The average molecular weight is 500 g/mol. The SMILES string of the molecule is COCCN(C)c1ccc(-c2ccc3c(c2)C(=O)Nc2cccc(n2)-c2nncn2CCCCO3)cn1. The Kier molecular flexibility index (Phi) is 7.36. The molecule has 10 nitrogen and oxygen atoms in total. The van der Waals surface area contributed by atoms with E-state index in [0.29, 0.717) is 41.9 Å². The average Bonchev–Trinajstić information content (AvgIpc) is 3.40. The molecule has 4 aromatic rings. The van der Waals surface area contributed by atoms with Crippen molar-refractivity contribution in [3.63, 3.8) is 0 Å².